The van der Waals surface area contributed by atoms with Crippen molar-refractivity contribution in [2.75, 3.05) is 0 Å². The van der Waals surface area contributed by atoms with Crippen molar-refractivity contribution in [3.05, 3.63) is 35.9 Å². The fourth-order valence-corrected chi connectivity index (χ4v) is 2.97. The summed E-state index contributed by atoms with van der Waals surface area (Å²) in [6, 6.07) is 10.7. The van der Waals surface area contributed by atoms with Gasteiger partial charge in [0, 0.05) is 17.6 Å². The van der Waals surface area contributed by atoms with Crippen LogP contribution < -0.4 is 0 Å². The number of hydrogen-bond acceptors (Lipinski definition) is 1. The van der Waals surface area contributed by atoms with Crippen molar-refractivity contribution < 1.29 is 4.79 Å². The molecular formula is C13H15NO. The molecule has 0 atom stereocenters. The Morgan fingerprint density at radius 1 is 1.00 bits per heavy atom. The van der Waals surface area contributed by atoms with Crippen LogP contribution in [-0.2, 0) is 0 Å². The van der Waals surface area contributed by atoms with E-state index in [1.54, 1.807) is 0 Å². The van der Waals surface area contributed by atoms with Crippen LogP contribution in [0.15, 0.2) is 30.3 Å². The molecule has 15 heavy (non-hydrogen) atoms. The molecule has 0 N–H and O–H groups in total. The summed E-state index contributed by atoms with van der Waals surface area (Å²) in [6.45, 7) is 0. The Morgan fingerprint density at radius 2 is 1.53 bits per heavy atom. The summed E-state index contributed by atoms with van der Waals surface area (Å²) in [6.07, 6.45) is 4.85. The van der Waals surface area contributed by atoms with E-state index in [0.717, 1.165) is 5.56 Å². The lowest BCUT2D eigenvalue weighted by Gasteiger charge is -2.21. The van der Waals surface area contributed by atoms with E-state index in [9.17, 15) is 4.79 Å². The van der Waals surface area contributed by atoms with E-state index in [2.05, 4.69) is 4.90 Å². The number of carbonyl (C=O) groups is 1. The molecule has 0 saturated carbocycles. The Labute approximate surface area is 89.9 Å². The van der Waals surface area contributed by atoms with E-state index in [4.69, 9.17) is 0 Å². The Kier molecular flexibility index (Phi) is 2.01. The summed E-state index contributed by atoms with van der Waals surface area (Å²) in [5, 5.41) is 0. The zero-order chi connectivity index (χ0) is 10.3. The van der Waals surface area contributed by atoms with Gasteiger partial charge < -0.3 is 4.90 Å². The van der Waals surface area contributed by atoms with Crippen LogP contribution in [0.1, 0.15) is 36.0 Å². The predicted octanol–water partition coefficient (Wildman–Crippen LogP) is 2.45. The standard InChI is InChI=1S/C13H15NO/c15-13(10-4-2-1-3-5-10)14-11-6-7-12(14)9-8-11/h1-5,11-12H,6-9H2. The molecule has 3 rings (SSSR count). The number of fused-ring (bicyclic) bond motifs is 2. The lowest BCUT2D eigenvalue weighted by Crippen LogP contribution is -2.35. The topological polar surface area (TPSA) is 20.3 Å². The van der Waals surface area contributed by atoms with E-state index in [1.165, 1.54) is 25.7 Å². The maximum Gasteiger partial charge on any atom is 0.254 e. The molecule has 2 saturated heterocycles. The first-order valence-corrected chi connectivity index (χ1v) is 5.74. The van der Waals surface area contributed by atoms with Crippen molar-refractivity contribution >= 4 is 5.91 Å². The molecule has 0 unspecified atom stereocenters. The predicted molar refractivity (Wildman–Crippen MR) is 58.7 cm³/mol. The van der Waals surface area contributed by atoms with Gasteiger partial charge in [0.25, 0.3) is 5.91 Å². The number of amides is 1. The largest absolute Gasteiger partial charge is 0.333 e. The van der Waals surface area contributed by atoms with Gasteiger partial charge in [-0.2, -0.15) is 0 Å². The Balaban J connectivity index is 1.87. The van der Waals surface area contributed by atoms with E-state index in [-0.39, 0.29) is 5.91 Å². The van der Waals surface area contributed by atoms with Gasteiger partial charge in [0.2, 0.25) is 0 Å². The second-order valence-corrected chi connectivity index (χ2v) is 4.54. The molecule has 1 aromatic carbocycles. The summed E-state index contributed by atoms with van der Waals surface area (Å²) in [4.78, 5) is 14.4. The van der Waals surface area contributed by atoms with E-state index in [0.29, 0.717) is 12.1 Å². The van der Waals surface area contributed by atoms with Crippen molar-refractivity contribution in [1.82, 2.24) is 4.90 Å². The van der Waals surface area contributed by atoms with E-state index < -0.39 is 0 Å². The molecule has 78 valence electrons. The van der Waals surface area contributed by atoms with Gasteiger partial charge in [0.1, 0.15) is 0 Å². The van der Waals surface area contributed by atoms with Crippen LogP contribution in [0.3, 0.4) is 0 Å². The average molecular weight is 201 g/mol. The highest BCUT2D eigenvalue weighted by Crippen LogP contribution is 2.38. The Hall–Kier alpha value is -1.31. The minimum atomic E-state index is 0.237. The van der Waals surface area contributed by atoms with Crippen LogP contribution in [0.25, 0.3) is 0 Å². The third-order valence-electron chi connectivity index (χ3n) is 3.71. The summed E-state index contributed by atoms with van der Waals surface area (Å²) >= 11 is 0. The van der Waals surface area contributed by atoms with Crippen LogP contribution in [0.4, 0.5) is 0 Å². The zero-order valence-electron chi connectivity index (χ0n) is 8.73. The van der Waals surface area contributed by atoms with Crippen LogP contribution in [0.5, 0.6) is 0 Å². The monoisotopic (exact) mass is 201 g/mol. The normalized spacial score (nSPS) is 28.4. The maximum atomic E-state index is 12.2. The molecule has 2 aliphatic heterocycles. The zero-order valence-corrected chi connectivity index (χ0v) is 8.73. The fraction of sp³-hybridized carbons (Fsp3) is 0.462. The third kappa shape index (κ3) is 1.36. The fourth-order valence-electron chi connectivity index (χ4n) is 2.97. The lowest BCUT2D eigenvalue weighted by molar-refractivity contribution is 0.0730. The molecule has 2 bridgehead atoms. The van der Waals surface area contributed by atoms with Crippen molar-refractivity contribution in [2.45, 2.75) is 37.8 Å². The van der Waals surface area contributed by atoms with Gasteiger partial charge in [-0.25, -0.2) is 0 Å². The quantitative estimate of drug-likeness (QED) is 0.683. The smallest absolute Gasteiger partial charge is 0.254 e. The van der Waals surface area contributed by atoms with Gasteiger partial charge in [0.05, 0.1) is 0 Å². The van der Waals surface area contributed by atoms with Gasteiger partial charge in [0.15, 0.2) is 0 Å². The van der Waals surface area contributed by atoms with Crippen LogP contribution in [0, 0.1) is 0 Å². The van der Waals surface area contributed by atoms with Gasteiger partial charge >= 0.3 is 0 Å². The minimum absolute atomic E-state index is 0.237. The lowest BCUT2D eigenvalue weighted by atomic mass is 10.0. The molecule has 0 radical (unpaired) electrons. The molecule has 2 heteroatoms. The van der Waals surface area contributed by atoms with Crippen molar-refractivity contribution in [3.8, 4) is 0 Å². The summed E-state index contributed by atoms with van der Waals surface area (Å²) in [5.74, 6) is 0.237. The molecule has 2 nitrogen and oxygen atoms in total. The number of carbonyl (C=O) groups excluding carboxylic acids is 1. The Bertz CT molecular complexity index is 353. The molecular weight excluding hydrogens is 186 g/mol. The Morgan fingerprint density at radius 3 is 2.07 bits per heavy atom. The molecule has 2 aliphatic rings. The summed E-state index contributed by atoms with van der Waals surface area (Å²) < 4.78 is 0. The number of nitrogens with zero attached hydrogens (tertiary/aromatic N) is 1. The van der Waals surface area contributed by atoms with Crippen molar-refractivity contribution in [1.29, 1.82) is 0 Å². The van der Waals surface area contributed by atoms with E-state index >= 15 is 0 Å². The number of rotatable bonds is 1. The third-order valence-corrected chi connectivity index (χ3v) is 3.71. The van der Waals surface area contributed by atoms with Crippen LogP contribution >= 0.6 is 0 Å². The summed E-state index contributed by atoms with van der Waals surface area (Å²) in [5.41, 5.74) is 0.844. The highest BCUT2D eigenvalue weighted by atomic mass is 16.2. The molecule has 0 aliphatic carbocycles. The van der Waals surface area contributed by atoms with Gasteiger partial charge in [-0.3, -0.25) is 4.79 Å². The molecule has 2 heterocycles. The molecule has 2 fully saturated rings. The second-order valence-electron chi connectivity index (χ2n) is 4.54. The van der Waals surface area contributed by atoms with E-state index in [1.807, 2.05) is 30.3 Å². The van der Waals surface area contributed by atoms with Gasteiger partial charge in [-0.05, 0) is 37.8 Å². The van der Waals surface area contributed by atoms with Crippen LogP contribution in [0.2, 0.25) is 0 Å². The first kappa shape index (κ1) is 8.96. The maximum absolute atomic E-state index is 12.2. The minimum Gasteiger partial charge on any atom is -0.333 e. The highest BCUT2D eigenvalue weighted by molar-refractivity contribution is 5.95. The second kappa shape index (κ2) is 3.37. The number of benzene rings is 1. The van der Waals surface area contributed by atoms with Crippen LogP contribution in [-0.4, -0.2) is 22.9 Å². The molecule has 1 amide bonds. The van der Waals surface area contributed by atoms with Crippen molar-refractivity contribution in [2.24, 2.45) is 0 Å². The average Bonchev–Trinajstić information content (AvgIpc) is 2.89. The first-order valence-electron chi connectivity index (χ1n) is 5.74. The number of hydrogen-bond donors (Lipinski definition) is 0. The highest BCUT2D eigenvalue weighted by Gasteiger charge is 2.42. The van der Waals surface area contributed by atoms with Crippen molar-refractivity contribution in [3.63, 3.8) is 0 Å². The first-order chi connectivity index (χ1) is 7.36. The molecule has 1 aromatic rings. The van der Waals surface area contributed by atoms with Gasteiger partial charge in [-0.1, -0.05) is 18.2 Å². The van der Waals surface area contributed by atoms with Gasteiger partial charge in [-0.15, -0.1) is 0 Å². The summed E-state index contributed by atoms with van der Waals surface area (Å²) in [7, 11) is 0. The SMILES string of the molecule is O=C(c1ccccc1)N1C2CCC1CC2. The molecule has 0 spiro atoms. The molecule has 0 aromatic heterocycles.